The standard InChI is InChI=1S/C15H24O2/c1-14(2,3)16-11-12-8-7-9-13(10-12)17-15(4,5)6/h7-10H,11H2,1-6H3. The van der Waals surface area contributed by atoms with Crippen LogP contribution in [0.1, 0.15) is 47.1 Å². The normalized spacial score (nSPS) is 12.6. The Labute approximate surface area is 105 Å². The lowest BCUT2D eigenvalue weighted by Crippen LogP contribution is -2.23. The van der Waals surface area contributed by atoms with Crippen molar-refractivity contribution in [2.24, 2.45) is 0 Å². The molecule has 0 aliphatic carbocycles. The summed E-state index contributed by atoms with van der Waals surface area (Å²) in [6.07, 6.45) is 0. The Morgan fingerprint density at radius 3 is 2.12 bits per heavy atom. The van der Waals surface area contributed by atoms with E-state index in [9.17, 15) is 0 Å². The summed E-state index contributed by atoms with van der Waals surface area (Å²) in [4.78, 5) is 0. The molecule has 0 spiro atoms. The summed E-state index contributed by atoms with van der Waals surface area (Å²) in [5.74, 6) is 0.896. The third kappa shape index (κ3) is 6.32. The van der Waals surface area contributed by atoms with Crippen LogP contribution in [0.5, 0.6) is 5.75 Å². The van der Waals surface area contributed by atoms with Gasteiger partial charge < -0.3 is 9.47 Å². The summed E-state index contributed by atoms with van der Waals surface area (Å²) in [5, 5.41) is 0. The highest BCUT2D eigenvalue weighted by molar-refractivity contribution is 5.28. The number of ether oxygens (including phenoxy) is 2. The molecule has 0 N–H and O–H groups in total. The molecule has 0 heterocycles. The Bertz CT molecular complexity index is 356. The molecule has 1 aromatic carbocycles. The monoisotopic (exact) mass is 236 g/mol. The second-order valence-electron chi connectivity index (χ2n) is 6.26. The highest BCUT2D eigenvalue weighted by Crippen LogP contribution is 2.20. The largest absolute Gasteiger partial charge is 0.488 e. The first-order valence-corrected chi connectivity index (χ1v) is 6.08. The lowest BCUT2D eigenvalue weighted by atomic mass is 10.1. The van der Waals surface area contributed by atoms with E-state index in [1.165, 1.54) is 0 Å². The van der Waals surface area contributed by atoms with Gasteiger partial charge in [-0.3, -0.25) is 0 Å². The Kier molecular flexibility index (Phi) is 4.21. The minimum Gasteiger partial charge on any atom is -0.488 e. The van der Waals surface area contributed by atoms with Crippen LogP contribution in [0.3, 0.4) is 0 Å². The Morgan fingerprint density at radius 2 is 1.59 bits per heavy atom. The van der Waals surface area contributed by atoms with Gasteiger partial charge >= 0.3 is 0 Å². The molecule has 0 aromatic heterocycles. The van der Waals surface area contributed by atoms with Gasteiger partial charge in [-0.25, -0.2) is 0 Å². The van der Waals surface area contributed by atoms with Crippen molar-refractivity contribution in [3.63, 3.8) is 0 Å². The van der Waals surface area contributed by atoms with Gasteiger partial charge in [-0.2, -0.15) is 0 Å². The average Bonchev–Trinajstić information content (AvgIpc) is 2.11. The van der Waals surface area contributed by atoms with Crippen LogP contribution in [0.4, 0.5) is 0 Å². The van der Waals surface area contributed by atoms with Crippen molar-refractivity contribution < 1.29 is 9.47 Å². The molecule has 96 valence electrons. The molecule has 17 heavy (non-hydrogen) atoms. The molecular weight excluding hydrogens is 212 g/mol. The van der Waals surface area contributed by atoms with E-state index in [0.717, 1.165) is 11.3 Å². The fraction of sp³-hybridized carbons (Fsp3) is 0.600. The van der Waals surface area contributed by atoms with Crippen molar-refractivity contribution in [3.8, 4) is 5.75 Å². The molecule has 0 radical (unpaired) electrons. The molecule has 0 amide bonds. The van der Waals surface area contributed by atoms with Crippen LogP contribution >= 0.6 is 0 Å². The van der Waals surface area contributed by atoms with Gasteiger partial charge in [0.05, 0.1) is 12.2 Å². The van der Waals surface area contributed by atoms with Crippen molar-refractivity contribution >= 4 is 0 Å². The molecule has 0 bridgehead atoms. The first-order chi connectivity index (χ1) is 7.66. The molecule has 0 unspecified atom stereocenters. The first-order valence-electron chi connectivity index (χ1n) is 6.08. The predicted molar refractivity (Wildman–Crippen MR) is 71.4 cm³/mol. The van der Waals surface area contributed by atoms with Crippen molar-refractivity contribution in [1.82, 2.24) is 0 Å². The van der Waals surface area contributed by atoms with Crippen LogP contribution in [-0.4, -0.2) is 11.2 Å². The molecule has 0 aliphatic heterocycles. The highest BCUT2D eigenvalue weighted by atomic mass is 16.5. The molecule has 0 fully saturated rings. The highest BCUT2D eigenvalue weighted by Gasteiger charge is 2.13. The van der Waals surface area contributed by atoms with Gasteiger partial charge in [0.1, 0.15) is 11.4 Å². The Balaban J connectivity index is 2.66. The first kappa shape index (κ1) is 14.0. The van der Waals surface area contributed by atoms with E-state index in [1.807, 2.05) is 39.0 Å². The minimum atomic E-state index is -0.163. The molecule has 1 aromatic rings. The Hall–Kier alpha value is -1.02. The summed E-state index contributed by atoms with van der Waals surface area (Å²) in [5.41, 5.74) is 0.867. The second-order valence-corrected chi connectivity index (χ2v) is 6.26. The maximum absolute atomic E-state index is 5.82. The summed E-state index contributed by atoms with van der Waals surface area (Å²) in [6, 6.07) is 8.08. The van der Waals surface area contributed by atoms with Crippen LogP contribution in [0, 0.1) is 0 Å². The van der Waals surface area contributed by atoms with Crippen molar-refractivity contribution in [1.29, 1.82) is 0 Å². The fourth-order valence-corrected chi connectivity index (χ4v) is 1.35. The fourth-order valence-electron chi connectivity index (χ4n) is 1.35. The van der Waals surface area contributed by atoms with Crippen LogP contribution in [0.15, 0.2) is 24.3 Å². The topological polar surface area (TPSA) is 18.5 Å². The van der Waals surface area contributed by atoms with Gasteiger partial charge in [-0.15, -0.1) is 0 Å². The third-order valence-electron chi connectivity index (χ3n) is 1.99. The molecular formula is C15H24O2. The molecule has 0 saturated heterocycles. The number of rotatable bonds is 3. The number of hydrogen-bond donors (Lipinski definition) is 0. The van der Waals surface area contributed by atoms with Gasteiger partial charge in [0.15, 0.2) is 0 Å². The van der Waals surface area contributed by atoms with Crippen LogP contribution in [-0.2, 0) is 11.3 Å². The lowest BCUT2D eigenvalue weighted by molar-refractivity contribution is -0.0151. The van der Waals surface area contributed by atoms with Gasteiger partial charge in [-0.05, 0) is 59.2 Å². The van der Waals surface area contributed by atoms with Crippen LogP contribution in [0.25, 0.3) is 0 Å². The maximum Gasteiger partial charge on any atom is 0.120 e. The van der Waals surface area contributed by atoms with E-state index in [0.29, 0.717) is 6.61 Å². The summed E-state index contributed by atoms with van der Waals surface area (Å²) < 4.78 is 11.6. The second kappa shape index (κ2) is 5.09. The minimum absolute atomic E-state index is 0.110. The molecule has 0 aliphatic rings. The van der Waals surface area contributed by atoms with Crippen molar-refractivity contribution in [2.75, 3.05) is 0 Å². The number of benzene rings is 1. The van der Waals surface area contributed by atoms with Gasteiger partial charge in [0.25, 0.3) is 0 Å². The summed E-state index contributed by atoms with van der Waals surface area (Å²) in [7, 11) is 0. The zero-order valence-electron chi connectivity index (χ0n) is 11.8. The van der Waals surface area contributed by atoms with Crippen LogP contribution in [0.2, 0.25) is 0 Å². The molecule has 0 saturated carbocycles. The van der Waals surface area contributed by atoms with Crippen molar-refractivity contribution in [3.05, 3.63) is 29.8 Å². The Morgan fingerprint density at radius 1 is 0.941 bits per heavy atom. The van der Waals surface area contributed by atoms with E-state index in [4.69, 9.17) is 9.47 Å². The smallest absolute Gasteiger partial charge is 0.120 e. The molecule has 1 rings (SSSR count). The lowest BCUT2D eigenvalue weighted by Gasteiger charge is -2.22. The van der Waals surface area contributed by atoms with Gasteiger partial charge in [0, 0.05) is 0 Å². The quantitative estimate of drug-likeness (QED) is 0.784. The van der Waals surface area contributed by atoms with E-state index >= 15 is 0 Å². The zero-order valence-corrected chi connectivity index (χ0v) is 11.8. The van der Waals surface area contributed by atoms with Crippen molar-refractivity contribution in [2.45, 2.75) is 59.4 Å². The number of hydrogen-bond acceptors (Lipinski definition) is 2. The van der Waals surface area contributed by atoms with Gasteiger partial charge in [-0.1, -0.05) is 12.1 Å². The summed E-state index contributed by atoms with van der Waals surface area (Å²) >= 11 is 0. The summed E-state index contributed by atoms with van der Waals surface area (Å²) in [6.45, 7) is 12.9. The average molecular weight is 236 g/mol. The van der Waals surface area contributed by atoms with E-state index in [-0.39, 0.29) is 11.2 Å². The molecule has 2 nitrogen and oxygen atoms in total. The van der Waals surface area contributed by atoms with E-state index < -0.39 is 0 Å². The van der Waals surface area contributed by atoms with Crippen LogP contribution < -0.4 is 4.74 Å². The van der Waals surface area contributed by atoms with E-state index in [2.05, 4.69) is 26.8 Å². The third-order valence-corrected chi connectivity index (χ3v) is 1.99. The zero-order chi connectivity index (χ0) is 13.1. The maximum atomic E-state index is 5.82. The SMILES string of the molecule is CC(C)(C)OCc1cccc(OC(C)(C)C)c1. The molecule has 0 atom stereocenters. The molecule has 2 heteroatoms. The predicted octanol–water partition coefficient (Wildman–Crippen LogP) is 4.18. The van der Waals surface area contributed by atoms with E-state index in [1.54, 1.807) is 0 Å². The van der Waals surface area contributed by atoms with Gasteiger partial charge in [0.2, 0.25) is 0 Å².